The second-order valence-corrected chi connectivity index (χ2v) is 5.19. The van der Waals surface area contributed by atoms with E-state index in [1.807, 2.05) is 0 Å². The summed E-state index contributed by atoms with van der Waals surface area (Å²) in [6.45, 7) is 3.06. The Kier molecular flexibility index (Phi) is 3.27. The molecule has 106 valence electrons. The first-order valence-corrected chi connectivity index (χ1v) is 6.62. The van der Waals surface area contributed by atoms with Crippen molar-refractivity contribution >= 4 is 0 Å². The molecular formula is C14H16FN3O2. The summed E-state index contributed by atoms with van der Waals surface area (Å²) in [6, 6.07) is 4.39. The first kappa shape index (κ1) is 13.2. The zero-order valence-corrected chi connectivity index (χ0v) is 11.2. The number of halogens is 1. The average molecular weight is 277 g/mol. The lowest BCUT2D eigenvalue weighted by Crippen LogP contribution is -2.43. The Labute approximate surface area is 115 Å². The van der Waals surface area contributed by atoms with Crippen molar-refractivity contribution in [2.45, 2.75) is 25.4 Å². The number of piperidine rings is 1. The van der Waals surface area contributed by atoms with Crippen molar-refractivity contribution in [1.82, 2.24) is 15.5 Å². The van der Waals surface area contributed by atoms with Gasteiger partial charge in [-0.15, -0.1) is 0 Å². The molecule has 0 bridgehead atoms. The van der Waals surface area contributed by atoms with E-state index in [1.165, 1.54) is 12.1 Å². The first-order chi connectivity index (χ1) is 9.58. The highest BCUT2D eigenvalue weighted by Crippen LogP contribution is 2.29. The SMILES string of the molecule is Cc1cc(F)ccc1-c1noc(C2(O)CCCNC2)n1. The van der Waals surface area contributed by atoms with Crippen molar-refractivity contribution < 1.29 is 14.0 Å². The highest BCUT2D eigenvalue weighted by atomic mass is 19.1. The number of aromatic nitrogens is 2. The quantitative estimate of drug-likeness (QED) is 0.875. The van der Waals surface area contributed by atoms with Gasteiger partial charge in [0, 0.05) is 12.1 Å². The Morgan fingerprint density at radius 2 is 2.30 bits per heavy atom. The van der Waals surface area contributed by atoms with Crippen LogP contribution in [0.3, 0.4) is 0 Å². The van der Waals surface area contributed by atoms with Gasteiger partial charge in [-0.05, 0) is 50.1 Å². The number of aryl methyl sites for hydroxylation is 1. The molecule has 0 amide bonds. The number of rotatable bonds is 2. The van der Waals surface area contributed by atoms with Crippen molar-refractivity contribution in [1.29, 1.82) is 0 Å². The summed E-state index contributed by atoms with van der Waals surface area (Å²) >= 11 is 0. The summed E-state index contributed by atoms with van der Waals surface area (Å²) in [7, 11) is 0. The molecule has 1 aromatic heterocycles. The second-order valence-electron chi connectivity index (χ2n) is 5.19. The Bertz CT molecular complexity index is 621. The minimum atomic E-state index is -1.11. The van der Waals surface area contributed by atoms with Gasteiger partial charge in [0.1, 0.15) is 5.82 Å². The standard InChI is InChI=1S/C14H16FN3O2/c1-9-7-10(15)3-4-11(9)12-17-13(20-18-12)14(19)5-2-6-16-8-14/h3-4,7,16,19H,2,5-6,8H2,1H3. The zero-order chi connectivity index (χ0) is 14.2. The number of nitrogens with zero attached hydrogens (tertiary/aromatic N) is 2. The van der Waals surface area contributed by atoms with E-state index in [2.05, 4.69) is 15.5 Å². The minimum Gasteiger partial charge on any atom is -0.379 e. The van der Waals surface area contributed by atoms with E-state index < -0.39 is 5.60 Å². The van der Waals surface area contributed by atoms with Crippen molar-refractivity contribution in [2.24, 2.45) is 0 Å². The van der Waals surface area contributed by atoms with Gasteiger partial charge < -0.3 is 14.9 Å². The number of aliphatic hydroxyl groups is 1. The Morgan fingerprint density at radius 1 is 1.45 bits per heavy atom. The molecule has 0 radical (unpaired) electrons. The molecular weight excluding hydrogens is 261 g/mol. The van der Waals surface area contributed by atoms with Gasteiger partial charge in [-0.3, -0.25) is 0 Å². The molecule has 1 aliphatic heterocycles. The molecule has 1 atom stereocenters. The molecule has 6 heteroatoms. The summed E-state index contributed by atoms with van der Waals surface area (Å²) < 4.78 is 18.3. The third-order valence-electron chi connectivity index (χ3n) is 3.61. The Balaban J connectivity index is 1.93. The summed E-state index contributed by atoms with van der Waals surface area (Å²) in [5, 5.41) is 17.5. The van der Waals surface area contributed by atoms with E-state index in [4.69, 9.17) is 4.52 Å². The van der Waals surface area contributed by atoms with Gasteiger partial charge >= 0.3 is 0 Å². The lowest BCUT2D eigenvalue weighted by atomic mass is 9.94. The van der Waals surface area contributed by atoms with Crippen LogP contribution in [0, 0.1) is 12.7 Å². The molecule has 5 nitrogen and oxygen atoms in total. The predicted octanol–water partition coefficient (Wildman–Crippen LogP) is 1.76. The maximum atomic E-state index is 13.1. The lowest BCUT2D eigenvalue weighted by Gasteiger charge is -2.28. The normalized spacial score (nSPS) is 22.9. The molecule has 1 unspecified atom stereocenters. The largest absolute Gasteiger partial charge is 0.379 e. The Hall–Kier alpha value is -1.79. The summed E-state index contributed by atoms with van der Waals surface area (Å²) in [4.78, 5) is 4.28. The van der Waals surface area contributed by atoms with E-state index in [1.54, 1.807) is 13.0 Å². The van der Waals surface area contributed by atoms with Gasteiger partial charge in [0.05, 0.1) is 0 Å². The van der Waals surface area contributed by atoms with Crippen LogP contribution in [0.2, 0.25) is 0 Å². The van der Waals surface area contributed by atoms with Gasteiger partial charge in [-0.2, -0.15) is 4.98 Å². The molecule has 1 fully saturated rings. The van der Waals surface area contributed by atoms with Crippen LogP contribution < -0.4 is 5.32 Å². The molecule has 0 saturated carbocycles. The number of benzene rings is 1. The zero-order valence-electron chi connectivity index (χ0n) is 11.2. The highest BCUT2D eigenvalue weighted by molar-refractivity contribution is 5.59. The third-order valence-corrected chi connectivity index (χ3v) is 3.61. The Morgan fingerprint density at radius 3 is 3.00 bits per heavy atom. The van der Waals surface area contributed by atoms with Crippen LogP contribution in [0.15, 0.2) is 22.7 Å². The predicted molar refractivity (Wildman–Crippen MR) is 70.4 cm³/mol. The summed E-state index contributed by atoms with van der Waals surface area (Å²) in [5.41, 5.74) is 0.317. The maximum Gasteiger partial charge on any atom is 0.260 e. The smallest absolute Gasteiger partial charge is 0.260 e. The van der Waals surface area contributed by atoms with Gasteiger partial charge in [0.25, 0.3) is 5.89 Å². The van der Waals surface area contributed by atoms with Crippen molar-refractivity contribution in [2.75, 3.05) is 13.1 Å². The van der Waals surface area contributed by atoms with E-state index in [0.29, 0.717) is 24.4 Å². The van der Waals surface area contributed by atoms with Gasteiger partial charge in [0.15, 0.2) is 5.60 Å². The first-order valence-electron chi connectivity index (χ1n) is 6.62. The molecule has 0 spiro atoms. The number of hydrogen-bond acceptors (Lipinski definition) is 5. The number of β-amino-alcohol motifs (C(OH)–C–C–N with tert-alkyl or cyclic N) is 1. The van der Waals surface area contributed by atoms with Crippen LogP contribution in [0.25, 0.3) is 11.4 Å². The van der Waals surface area contributed by atoms with Crippen molar-refractivity contribution in [3.63, 3.8) is 0 Å². The van der Waals surface area contributed by atoms with Gasteiger partial charge in [-0.25, -0.2) is 4.39 Å². The third kappa shape index (κ3) is 2.32. The molecule has 3 rings (SSSR count). The fourth-order valence-electron chi connectivity index (χ4n) is 2.47. The van der Waals surface area contributed by atoms with Crippen LogP contribution in [-0.4, -0.2) is 28.3 Å². The van der Waals surface area contributed by atoms with Gasteiger partial charge in [0.2, 0.25) is 5.82 Å². The molecule has 2 heterocycles. The molecule has 0 aliphatic carbocycles. The molecule has 2 N–H and O–H groups in total. The van der Waals surface area contributed by atoms with Crippen LogP contribution in [0.1, 0.15) is 24.3 Å². The molecule has 1 saturated heterocycles. The van der Waals surface area contributed by atoms with Crippen molar-refractivity contribution in [3.8, 4) is 11.4 Å². The van der Waals surface area contributed by atoms with Crippen LogP contribution in [0.5, 0.6) is 0 Å². The van der Waals surface area contributed by atoms with Crippen LogP contribution in [-0.2, 0) is 5.60 Å². The number of nitrogens with one attached hydrogen (secondary N) is 1. The molecule has 1 aliphatic rings. The highest BCUT2D eigenvalue weighted by Gasteiger charge is 2.37. The second kappa shape index (κ2) is 4.96. The minimum absolute atomic E-state index is 0.212. The summed E-state index contributed by atoms with van der Waals surface area (Å²) in [5.74, 6) is 0.282. The molecule has 20 heavy (non-hydrogen) atoms. The average Bonchev–Trinajstić information content (AvgIpc) is 2.90. The number of hydrogen-bond donors (Lipinski definition) is 2. The van der Waals surface area contributed by atoms with Gasteiger partial charge in [-0.1, -0.05) is 5.16 Å². The fourth-order valence-corrected chi connectivity index (χ4v) is 2.47. The topological polar surface area (TPSA) is 71.2 Å². The molecule has 2 aromatic rings. The van der Waals surface area contributed by atoms with Crippen molar-refractivity contribution in [3.05, 3.63) is 35.5 Å². The van der Waals surface area contributed by atoms with E-state index in [9.17, 15) is 9.50 Å². The van der Waals surface area contributed by atoms with E-state index >= 15 is 0 Å². The maximum absolute atomic E-state index is 13.1. The fraction of sp³-hybridized carbons (Fsp3) is 0.429. The lowest BCUT2D eigenvalue weighted by molar-refractivity contribution is -0.0167. The van der Waals surface area contributed by atoms with E-state index in [0.717, 1.165) is 18.5 Å². The van der Waals surface area contributed by atoms with E-state index in [-0.39, 0.29) is 11.7 Å². The van der Waals surface area contributed by atoms with Crippen LogP contribution in [0.4, 0.5) is 4.39 Å². The summed E-state index contributed by atoms with van der Waals surface area (Å²) in [6.07, 6.45) is 1.44. The monoisotopic (exact) mass is 277 g/mol. The van der Waals surface area contributed by atoms with Crippen LogP contribution >= 0.6 is 0 Å². The molecule has 1 aromatic carbocycles.